The number of aromatic amines is 1. The van der Waals surface area contributed by atoms with Crippen LogP contribution in [0.15, 0.2) is 24.5 Å². The van der Waals surface area contributed by atoms with Crippen LogP contribution in [0, 0.1) is 0 Å². The molecular formula is C17H20ClN5O. The Balaban J connectivity index is 1.33. The fourth-order valence-electron chi connectivity index (χ4n) is 3.09. The highest BCUT2D eigenvalue weighted by Crippen LogP contribution is 2.38. The lowest BCUT2D eigenvalue weighted by molar-refractivity contribution is 0.0713. The van der Waals surface area contributed by atoms with Crippen LogP contribution in [-0.4, -0.2) is 44.9 Å². The highest BCUT2D eigenvalue weighted by atomic mass is 35.5. The first-order valence-corrected chi connectivity index (χ1v) is 8.79. The number of anilines is 1. The zero-order valence-corrected chi connectivity index (χ0v) is 14.1. The number of H-pyrrole nitrogens is 1. The van der Waals surface area contributed by atoms with Gasteiger partial charge in [-0.1, -0.05) is 11.6 Å². The number of halogens is 1. The van der Waals surface area contributed by atoms with Crippen LogP contribution < -0.4 is 5.32 Å². The van der Waals surface area contributed by atoms with E-state index in [0.29, 0.717) is 22.7 Å². The quantitative estimate of drug-likeness (QED) is 0.893. The third-order valence-electron chi connectivity index (χ3n) is 4.63. The molecule has 1 amide bonds. The second kappa shape index (κ2) is 6.43. The fraction of sp³-hybridized carbons (Fsp3) is 0.471. The minimum Gasteiger partial charge on any atom is -0.367 e. The first-order valence-electron chi connectivity index (χ1n) is 8.42. The number of piperidine rings is 1. The van der Waals surface area contributed by atoms with Gasteiger partial charge in [0.1, 0.15) is 17.3 Å². The van der Waals surface area contributed by atoms with Crippen LogP contribution >= 0.6 is 11.6 Å². The van der Waals surface area contributed by atoms with E-state index in [-0.39, 0.29) is 5.91 Å². The van der Waals surface area contributed by atoms with Gasteiger partial charge in [-0.25, -0.2) is 9.97 Å². The van der Waals surface area contributed by atoms with E-state index in [1.54, 1.807) is 12.3 Å². The zero-order valence-electron chi connectivity index (χ0n) is 13.3. The van der Waals surface area contributed by atoms with Gasteiger partial charge in [-0.15, -0.1) is 0 Å². The number of hydrogen-bond acceptors (Lipinski definition) is 4. The first-order chi connectivity index (χ1) is 11.7. The molecule has 1 aliphatic heterocycles. The Bertz CT molecular complexity index is 734. The van der Waals surface area contributed by atoms with Crippen molar-refractivity contribution >= 4 is 23.3 Å². The number of carbonyl (C=O) groups excluding carboxylic acids is 1. The Morgan fingerprint density at radius 3 is 2.75 bits per heavy atom. The molecule has 1 saturated carbocycles. The smallest absolute Gasteiger partial charge is 0.270 e. The van der Waals surface area contributed by atoms with Gasteiger partial charge in [0.15, 0.2) is 0 Å². The SMILES string of the molecule is O=C(c1cc(Cl)c[nH]1)N1CCC(Nc2ccnc(C3CC3)n2)CC1. The maximum Gasteiger partial charge on any atom is 0.270 e. The molecule has 0 aromatic carbocycles. The third-order valence-corrected chi connectivity index (χ3v) is 4.85. The lowest BCUT2D eigenvalue weighted by atomic mass is 10.0. The van der Waals surface area contributed by atoms with Crippen LogP contribution in [0.4, 0.5) is 5.82 Å². The maximum absolute atomic E-state index is 12.4. The summed E-state index contributed by atoms with van der Waals surface area (Å²) in [4.78, 5) is 26.1. The number of rotatable bonds is 4. The van der Waals surface area contributed by atoms with Gasteiger partial charge in [-0.05, 0) is 37.8 Å². The fourth-order valence-corrected chi connectivity index (χ4v) is 3.25. The van der Waals surface area contributed by atoms with E-state index in [0.717, 1.165) is 37.6 Å². The molecule has 126 valence electrons. The van der Waals surface area contributed by atoms with E-state index in [1.807, 2.05) is 17.2 Å². The second-order valence-corrected chi connectivity index (χ2v) is 6.95. The van der Waals surface area contributed by atoms with Crippen LogP contribution in [-0.2, 0) is 0 Å². The molecule has 3 heterocycles. The van der Waals surface area contributed by atoms with E-state index >= 15 is 0 Å². The summed E-state index contributed by atoms with van der Waals surface area (Å²) in [6, 6.07) is 3.93. The highest BCUT2D eigenvalue weighted by molar-refractivity contribution is 6.30. The predicted octanol–water partition coefficient (Wildman–Crippen LogP) is 3.05. The molecule has 0 unspecified atom stereocenters. The summed E-state index contributed by atoms with van der Waals surface area (Å²) in [6.07, 6.45) is 7.68. The average Bonchev–Trinajstić information content (AvgIpc) is 3.37. The lowest BCUT2D eigenvalue weighted by Crippen LogP contribution is -2.42. The van der Waals surface area contributed by atoms with Gasteiger partial charge in [-0.2, -0.15) is 0 Å². The van der Waals surface area contributed by atoms with E-state index in [4.69, 9.17) is 11.6 Å². The summed E-state index contributed by atoms with van der Waals surface area (Å²) in [5.41, 5.74) is 0.552. The van der Waals surface area contributed by atoms with Gasteiger partial charge in [0, 0.05) is 37.4 Å². The minimum atomic E-state index is 0.0124. The highest BCUT2D eigenvalue weighted by Gasteiger charge is 2.27. The van der Waals surface area contributed by atoms with Crippen LogP contribution in [0.5, 0.6) is 0 Å². The molecule has 0 spiro atoms. The molecule has 2 N–H and O–H groups in total. The minimum absolute atomic E-state index is 0.0124. The van der Waals surface area contributed by atoms with Crippen molar-refractivity contribution in [3.8, 4) is 0 Å². The standard InChI is InChI=1S/C17H20ClN5O/c18-12-9-14(20-10-12)17(24)23-7-4-13(5-8-23)21-15-3-6-19-16(22-15)11-1-2-11/h3,6,9-11,13,20H,1-2,4-5,7-8H2,(H,19,21,22). The number of likely N-dealkylation sites (tertiary alicyclic amines) is 1. The number of hydrogen-bond donors (Lipinski definition) is 2. The Morgan fingerprint density at radius 2 is 2.08 bits per heavy atom. The van der Waals surface area contributed by atoms with Crippen molar-refractivity contribution in [1.29, 1.82) is 0 Å². The number of nitrogens with one attached hydrogen (secondary N) is 2. The van der Waals surface area contributed by atoms with Gasteiger partial charge in [0.25, 0.3) is 5.91 Å². The molecule has 2 aromatic rings. The third kappa shape index (κ3) is 3.38. The molecule has 4 rings (SSSR count). The Labute approximate surface area is 145 Å². The molecule has 0 atom stereocenters. The molecule has 1 saturated heterocycles. The zero-order chi connectivity index (χ0) is 16.5. The van der Waals surface area contributed by atoms with E-state index in [2.05, 4.69) is 20.3 Å². The number of carbonyl (C=O) groups is 1. The number of nitrogens with zero attached hydrogens (tertiary/aromatic N) is 3. The molecule has 7 heteroatoms. The lowest BCUT2D eigenvalue weighted by Gasteiger charge is -2.32. The van der Waals surface area contributed by atoms with Crippen molar-refractivity contribution in [2.24, 2.45) is 0 Å². The van der Waals surface area contributed by atoms with E-state index < -0.39 is 0 Å². The Kier molecular flexibility index (Phi) is 4.14. The van der Waals surface area contributed by atoms with Gasteiger partial charge < -0.3 is 15.2 Å². The van der Waals surface area contributed by atoms with Crippen molar-refractivity contribution in [1.82, 2.24) is 19.9 Å². The summed E-state index contributed by atoms with van der Waals surface area (Å²) >= 11 is 5.87. The molecule has 24 heavy (non-hydrogen) atoms. The van der Waals surface area contributed by atoms with Crippen molar-refractivity contribution in [2.45, 2.75) is 37.6 Å². The van der Waals surface area contributed by atoms with Gasteiger partial charge in [0.05, 0.1) is 5.02 Å². The summed E-state index contributed by atoms with van der Waals surface area (Å²) in [5.74, 6) is 2.42. The normalized spacial score (nSPS) is 18.6. The maximum atomic E-state index is 12.4. The molecule has 2 aliphatic rings. The van der Waals surface area contributed by atoms with Crippen molar-refractivity contribution in [3.63, 3.8) is 0 Å². The largest absolute Gasteiger partial charge is 0.367 e. The van der Waals surface area contributed by atoms with Crippen LogP contribution in [0.25, 0.3) is 0 Å². The van der Waals surface area contributed by atoms with Gasteiger partial charge in [-0.3, -0.25) is 4.79 Å². The number of amides is 1. The van der Waals surface area contributed by atoms with Crippen LogP contribution in [0.2, 0.25) is 5.02 Å². The van der Waals surface area contributed by atoms with Crippen LogP contribution in [0.1, 0.15) is 47.9 Å². The Morgan fingerprint density at radius 1 is 1.29 bits per heavy atom. The van der Waals surface area contributed by atoms with E-state index in [9.17, 15) is 4.79 Å². The van der Waals surface area contributed by atoms with Crippen LogP contribution in [0.3, 0.4) is 0 Å². The first kappa shape index (κ1) is 15.4. The van der Waals surface area contributed by atoms with Crippen molar-refractivity contribution in [3.05, 3.63) is 41.1 Å². The summed E-state index contributed by atoms with van der Waals surface area (Å²) in [6.45, 7) is 1.46. The molecule has 2 fully saturated rings. The van der Waals surface area contributed by atoms with Gasteiger partial charge in [0.2, 0.25) is 0 Å². The predicted molar refractivity (Wildman–Crippen MR) is 92.4 cm³/mol. The molecule has 1 aliphatic carbocycles. The topological polar surface area (TPSA) is 73.9 Å². The molecule has 2 aromatic heterocycles. The van der Waals surface area contributed by atoms with E-state index in [1.165, 1.54) is 12.8 Å². The summed E-state index contributed by atoms with van der Waals surface area (Å²) < 4.78 is 0. The monoisotopic (exact) mass is 345 g/mol. The second-order valence-electron chi connectivity index (χ2n) is 6.52. The molecule has 0 radical (unpaired) electrons. The summed E-state index contributed by atoms with van der Waals surface area (Å²) in [5, 5.41) is 4.05. The Hall–Kier alpha value is -2.08. The average molecular weight is 346 g/mol. The summed E-state index contributed by atoms with van der Waals surface area (Å²) in [7, 11) is 0. The number of aromatic nitrogens is 3. The molecule has 6 nitrogen and oxygen atoms in total. The van der Waals surface area contributed by atoms with Gasteiger partial charge >= 0.3 is 0 Å². The molecule has 0 bridgehead atoms. The van der Waals surface area contributed by atoms with Crippen molar-refractivity contribution < 1.29 is 4.79 Å². The molecular weight excluding hydrogens is 326 g/mol. The van der Waals surface area contributed by atoms with Crippen molar-refractivity contribution in [2.75, 3.05) is 18.4 Å².